The lowest BCUT2D eigenvalue weighted by atomic mass is 10.2. The fourth-order valence-corrected chi connectivity index (χ4v) is 2.35. The zero-order valence-electron chi connectivity index (χ0n) is 13.2. The maximum absolute atomic E-state index is 12.6. The first-order valence-corrected chi connectivity index (χ1v) is 8.08. The molecule has 0 aliphatic rings. The normalized spacial score (nSPS) is 11.4. The summed E-state index contributed by atoms with van der Waals surface area (Å²) in [5.74, 6) is -1.44. The van der Waals surface area contributed by atoms with Crippen molar-refractivity contribution in [3.63, 3.8) is 0 Å². The van der Waals surface area contributed by atoms with Crippen molar-refractivity contribution in [2.75, 3.05) is 5.32 Å². The molecule has 2 amide bonds. The molecule has 2 aromatic rings. The number of hydrogen-bond acceptors (Lipinski definition) is 3. The third-order valence-corrected chi connectivity index (χ3v) is 3.54. The van der Waals surface area contributed by atoms with Crippen molar-refractivity contribution in [3.05, 3.63) is 64.1 Å². The first-order valence-electron chi connectivity index (χ1n) is 7.28. The number of nitrogens with one attached hydrogen (secondary N) is 2. The van der Waals surface area contributed by atoms with Crippen LogP contribution in [-0.2, 0) is 15.8 Å². The summed E-state index contributed by atoms with van der Waals surface area (Å²) in [5, 5.41) is 5.96. The molecule has 0 aliphatic carbocycles. The Bertz CT molecular complexity index is 838. The van der Waals surface area contributed by atoms with Crippen LogP contribution in [0.2, 0.25) is 0 Å². The number of hydrazone groups is 1. The van der Waals surface area contributed by atoms with Gasteiger partial charge in [0.25, 0.3) is 0 Å². The molecular formula is C17H13BrF3N3O2. The van der Waals surface area contributed by atoms with Crippen LogP contribution in [0, 0.1) is 0 Å². The average molecular weight is 428 g/mol. The van der Waals surface area contributed by atoms with Crippen LogP contribution in [-0.4, -0.2) is 18.0 Å². The van der Waals surface area contributed by atoms with Crippen LogP contribution in [0.25, 0.3) is 0 Å². The van der Waals surface area contributed by atoms with Gasteiger partial charge >= 0.3 is 6.18 Å². The Labute approximate surface area is 155 Å². The second-order valence-electron chi connectivity index (χ2n) is 5.15. The highest BCUT2D eigenvalue weighted by molar-refractivity contribution is 9.10. The summed E-state index contributed by atoms with van der Waals surface area (Å²) in [6.07, 6.45) is -3.70. The van der Waals surface area contributed by atoms with Gasteiger partial charge in [-0.05, 0) is 35.9 Å². The predicted molar refractivity (Wildman–Crippen MR) is 94.6 cm³/mol. The van der Waals surface area contributed by atoms with Gasteiger partial charge in [-0.2, -0.15) is 18.3 Å². The quantitative estimate of drug-likeness (QED) is 0.430. The Morgan fingerprint density at radius 2 is 1.81 bits per heavy atom. The number of hydrogen-bond donors (Lipinski definition) is 2. The second kappa shape index (κ2) is 8.61. The molecule has 0 radical (unpaired) electrons. The summed E-state index contributed by atoms with van der Waals surface area (Å²) in [6, 6.07) is 11.3. The molecule has 0 saturated carbocycles. The monoisotopic (exact) mass is 427 g/mol. The van der Waals surface area contributed by atoms with Gasteiger partial charge in [0.05, 0.1) is 11.8 Å². The van der Waals surface area contributed by atoms with Gasteiger partial charge in [0, 0.05) is 10.2 Å². The van der Waals surface area contributed by atoms with Crippen LogP contribution >= 0.6 is 15.9 Å². The molecular weight excluding hydrogens is 415 g/mol. The molecule has 26 heavy (non-hydrogen) atoms. The topological polar surface area (TPSA) is 70.6 Å². The number of nitrogens with zero attached hydrogens (tertiary/aromatic N) is 1. The average Bonchev–Trinajstić information content (AvgIpc) is 2.54. The number of anilines is 1. The van der Waals surface area contributed by atoms with Gasteiger partial charge in [0.15, 0.2) is 0 Å². The summed E-state index contributed by atoms with van der Waals surface area (Å²) in [6.45, 7) is 0. The van der Waals surface area contributed by atoms with E-state index >= 15 is 0 Å². The van der Waals surface area contributed by atoms with Crippen molar-refractivity contribution < 1.29 is 22.8 Å². The zero-order valence-corrected chi connectivity index (χ0v) is 14.8. The number of benzene rings is 2. The maximum atomic E-state index is 12.6. The Morgan fingerprint density at radius 3 is 2.50 bits per heavy atom. The lowest BCUT2D eigenvalue weighted by molar-refractivity contribution is -0.137. The number of carbonyl (C=O) groups excluding carboxylic acids is 2. The van der Waals surface area contributed by atoms with Gasteiger partial charge in [-0.25, -0.2) is 5.43 Å². The van der Waals surface area contributed by atoms with Gasteiger partial charge < -0.3 is 5.32 Å². The molecule has 2 aromatic carbocycles. The molecule has 9 heteroatoms. The van der Waals surface area contributed by atoms with Gasteiger partial charge in [-0.15, -0.1) is 0 Å². The molecule has 2 N–H and O–H groups in total. The lowest BCUT2D eigenvalue weighted by Crippen LogP contribution is -2.24. The SMILES string of the molecule is O=C(CC(=O)Nc1cccc(C(F)(F)F)c1)N/N=C/c1cccc(Br)c1. The van der Waals surface area contributed by atoms with E-state index in [-0.39, 0.29) is 5.69 Å². The summed E-state index contributed by atoms with van der Waals surface area (Å²) >= 11 is 3.29. The number of carbonyl (C=O) groups is 2. The number of halogens is 4. The van der Waals surface area contributed by atoms with Crippen LogP contribution < -0.4 is 10.7 Å². The van der Waals surface area contributed by atoms with Crippen molar-refractivity contribution in [2.24, 2.45) is 5.10 Å². The van der Waals surface area contributed by atoms with Crippen LogP contribution in [0.15, 0.2) is 58.1 Å². The Balaban J connectivity index is 1.86. The van der Waals surface area contributed by atoms with Gasteiger partial charge in [0.2, 0.25) is 11.8 Å². The largest absolute Gasteiger partial charge is 0.416 e. The molecule has 0 heterocycles. The van der Waals surface area contributed by atoms with Gasteiger partial charge in [-0.1, -0.05) is 34.1 Å². The smallest absolute Gasteiger partial charge is 0.326 e. The van der Waals surface area contributed by atoms with E-state index in [1.165, 1.54) is 18.3 Å². The summed E-state index contributed by atoms with van der Waals surface area (Å²) in [4.78, 5) is 23.4. The number of alkyl halides is 3. The fraction of sp³-hybridized carbons (Fsp3) is 0.118. The number of rotatable bonds is 5. The zero-order chi connectivity index (χ0) is 19.2. The van der Waals surface area contributed by atoms with Crippen LogP contribution in [0.1, 0.15) is 17.5 Å². The van der Waals surface area contributed by atoms with E-state index in [2.05, 4.69) is 31.8 Å². The van der Waals surface area contributed by atoms with Crippen LogP contribution in [0.4, 0.5) is 18.9 Å². The highest BCUT2D eigenvalue weighted by Crippen LogP contribution is 2.30. The molecule has 0 saturated heterocycles. The molecule has 0 unspecified atom stereocenters. The van der Waals surface area contributed by atoms with Crippen LogP contribution in [0.3, 0.4) is 0 Å². The van der Waals surface area contributed by atoms with E-state index in [1.807, 2.05) is 6.07 Å². The summed E-state index contributed by atoms with van der Waals surface area (Å²) in [5.41, 5.74) is 1.97. The summed E-state index contributed by atoms with van der Waals surface area (Å²) < 4.78 is 38.7. The van der Waals surface area contributed by atoms with Crippen molar-refractivity contribution in [3.8, 4) is 0 Å². The molecule has 5 nitrogen and oxygen atoms in total. The van der Waals surface area contributed by atoms with E-state index in [4.69, 9.17) is 0 Å². The van der Waals surface area contributed by atoms with Crippen molar-refractivity contribution in [1.29, 1.82) is 0 Å². The standard InChI is InChI=1S/C17H13BrF3N3O2/c18-13-5-1-3-11(7-13)10-22-24-16(26)9-15(25)23-14-6-2-4-12(8-14)17(19,20)21/h1-8,10H,9H2,(H,23,25)(H,24,26)/b22-10+. The van der Waals surface area contributed by atoms with Gasteiger partial charge in [0.1, 0.15) is 6.42 Å². The van der Waals surface area contributed by atoms with Gasteiger partial charge in [-0.3, -0.25) is 9.59 Å². The number of amides is 2. The van der Waals surface area contributed by atoms with Crippen molar-refractivity contribution in [2.45, 2.75) is 12.6 Å². The molecule has 0 atom stereocenters. The lowest BCUT2D eigenvalue weighted by Gasteiger charge is -2.09. The Hall–Kier alpha value is -2.68. The van der Waals surface area contributed by atoms with E-state index in [0.717, 1.165) is 22.2 Å². The molecule has 0 spiro atoms. The minimum atomic E-state index is -4.51. The van der Waals surface area contributed by atoms with Crippen LogP contribution in [0.5, 0.6) is 0 Å². The van der Waals surface area contributed by atoms with Crippen molar-refractivity contribution in [1.82, 2.24) is 5.43 Å². The first-order chi connectivity index (χ1) is 12.2. The highest BCUT2D eigenvalue weighted by atomic mass is 79.9. The molecule has 0 fully saturated rings. The van der Waals surface area contributed by atoms with E-state index in [1.54, 1.807) is 18.2 Å². The van der Waals surface area contributed by atoms with E-state index < -0.39 is 30.0 Å². The highest BCUT2D eigenvalue weighted by Gasteiger charge is 2.30. The first kappa shape index (κ1) is 19.6. The minimum absolute atomic E-state index is 0.0461. The molecule has 2 rings (SSSR count). The molecule has 136 valence electrons. The fourth-order valence-electron chi connectivity index (χ4n) is 1.93. The maximum Gasteiger partial charge on any atom is 0.416 e. The third kappa shape index (κ3) is 6.32. The third-order valence-electron chi connectivity index (χ3n) is 3.05. The molecule has 0 bridgehead atoms. The minimum Gasteiger partial charge on any atom is -0.326 e. The van der Waals surface area contributed by atoms with Crippen molar-refractivity contribution >= 4 is 39.6 Å². The Kier molecular flexibility index (Phi) is 6.51. The summed E-state index contributed by atoms with van der Waals surface area (Å²) in [7, 11) is 0. The second-order valence-corrected chi connectivity index (χ2v) is 6.07. The van der Waals surface area contributed by atoms with E-state index in [9.17, 15) is 22.8 Å². The molecule has 0 aliphatic heterocycles. The predicted octanol–water partition coefficient (Wildman–Crippen LogP) is 3.95. The molecule has 0 aromatic heterocycles. The van der Waals surface area contributed by atoms with E-state index in [0.29, 0.717) is 0 Å². The Morgan fingerprint density at radius 1 is 1.08 bits per heavy atom.